The number of rotatable bonds is 5. The minimum absolute atomic E-state index is 0.131. The van der Waals surface area contributed by atoms with Crippen molar-refractivity contribution in [3.8, 4) is 0 Å². The fraction of sp³-hybridized carbons (Fsp3) is 0.188. The lowest BCUT2D eigenvalue weighted by Crippen LogP contribution is -2.21. The second-order valence-electron chi connectivity index (χ2n) is 4.78. The molecule has 0 bridgehead atoms. The summed E-state index contributed by atoms with van der Waals surface area (Å²) in [5.41, 5.74) is 6.71. The molecule has 0 saturated heterocycles. The normalized spacial score (nSPS) is 11.2. The second kappa shape index (κ2) is 6.72. The molecule has 0 unspecified atom stereocenters. The summed E-state index contributed by atoms with van der Waals surface area (Å²) >= 11 is 0. The zero-order valence-corrected chi connectivity index (χ0v) is 13.1. The predicted octanol–water partition coefficient (Wildman–Crippen LogP) is 1.98. The van der Waals surface area contributed by atoms with Crippen molar-refractivity contribution in [1.82, 2.24) is 0 Å². The van der Waals surface area contributed by atoms with Crippen LogP contribution in [-0.4, -0.2) is 20.9 Å². The maximum Gasteiger partial charge on any atom is 0.238 e. The van der Waals surface area contributed by atoms with Crippen LogP contribution in [-0.2, 0) is 21.1 Å². The largest absolute Gasteiger partial charge is 0.325 e. The van der Waals surface area contributed by atoms with E-state index < -0.39 is 9.84 Å². The Morgan fingerprint density at radius 1 is 1.09 bits per heavy atom. The molecule has 0 aromatic heterocycles. The summed E-state index contributed by atoms with van der Waals surface area (Å²) in [6.45, 7) is 1.85. The van der Waals surface area contributed by atoms with Crippen LogP contribution >= 0.6 is 0 Å². The van der Waals surface area contributed by atoms with Crippen LogP contribution in [0.1, 0.15) is 12.5 Å². The van der Waals surface area contributed by atoms with Crippen LogP contribution in [0.25, 0.3) is 0 Å². The van der Waals surface area contributed by atoms with E-state index in [9.17, 15) is 13.2 Å². The van der Waals surface area contributed by atoms with Gasteiger partial charge in [-0.2, -0.15) is 0 Å². The molecule has 0 radical (unpaired) electrons. The fourth-order valence-electron chi connectivity index (χ4n) is 1.99. The number of anilines is 1. The lowest BCUT2D eigenvalue weighted by Gasteiger charge is -2.08. The van der Waals surface area contributed by atoms with Crippen LogP contribution in [0.5, 0.6) is 0 Å². The highest BCUT2D eigenvalue weighted by molar-refractivity contribution is 7.91. The molecule has 0 aliphatic carbocycles. The number of nitrogens with one attached hydrogen (secondary N) is 1. The van der Waals surface area contributed by atoms with Crippen molar-refractivity contribution >= 4 is 21.4 Å². The third-order valence-corrected chi connectivity index (χ3v) is 5.02. The SMILES string of the molecule is CCc1ccc(S(=O)(=O)c2cccc(NC(=O)CN)c2)cc1. The van der Waals surface area contributed by atoms with Gasteiger partial charge in [-0.15, -0.1) is 0 Å². The van der Waals surface area contributed by atoms with Gasteiger partial charge in [0.2, 0.25) is 15.7 Å². The highest BCUT2D eigenvalue weighted by Crippen LogP contribution is 2.23. The lowest BCUT2D eigenvalue weighted by molar-refractivity contribution is -0.114. The Bertz CT molecular complexity index is 768. The maximum absolute atomic E-state index is 12.6. The molecule has 2 aromatic rings. The van der Waals surface area contributed by atoms with Crippen molar-refractivity contribution < 1.29 is 13.2 Å². The number of carbonyl (C=O) groups excluding carboxylic acids is 1. The molecule has 2 rings (SSSR count). The molecule has 116 valence electrons. The molecule has 3 N–H and O–H groups in total. The molecule has 6 heteroatoms. The van der Waals surface area contributed by atoms with E-state index in [0.29, 0.717) is 5.69 Å². The number of carbonyl (C=O) groups is 1. The van der Waals surface area contributed by atoms with Gasteiger partial charge in [-0.1, -0.05) is 25.1 Å². The quantitative estimate of drug-likeness (QED) is 0.882. The van der Waals surface area contributed by atoms with Gasteiger partial charge in [0.1, 0.15) is 0 Å². The van der Waals surface area contributed by atoms with E-state index in [1.807, 2.05) is 6.92 Å². The third kappa shape index (κ3) is 3.52. The van der Waals surface area contributed by atoms with Gasteiger partial charge in [0.25, 0.3) is 0 Å². The Hall–Kier alpha value is -2.18. The molecule has 0 atom stereocenters. The Balaban J connectivity index is 2.36. The summed E-state index contributed by atoms with van der Waals surface area (Å²) in [4.78, 5) is 11.7. The average Bonchev–Trinajstić information content (AvgIpc) is 2.55. The number of aryl methyl sites for hydroxylation is 1. The van der Waals surface area contributed by atoms with Crippen LogP contribution in [0, 0.1) is 0 Å². The van der Waals surface area contributed by atoms with Gasteiger partial charge in [-0.05, 0) is 42.3 Å². The smallest absolute Gasteiger partial charge is 0.238 e. The Labute approximate surface area is 130 Å². The minimum Gasteiger partial charge on any atom is -0.325 e. The van der Waals surface area contributed by atoms with Gasteiger partial charge in [0.15, 0.2) is 0 Å². The van der Waals surface area contributed by atoms with Gasteiger partial charge < -0.3 is 11.1 Å². The van der Waals surface area contributed by atoms with Crippen molar-refractivity contribution in [3.05, 3.63) is 54.1 Å². The molecule has 1 amide bonds. The number of benzene rings is 2. The summed E-state index contributed by atoms with van der Waals surface area (Å²) < 4.78 is 25.2. The van der Waals surface area contributed by atoms with Crippen LogP contribution in [0.3, 0.4) is 0 Å². The monoisotopic (exact) mass is 318 g/mol. The Kier molecular flexibility index (Phi) is 4.95. The standard InChI is InChI=1S/C16H18N2O3S/c1-2-12-6-8-14(9-7-12)22(20,21)15-5-3-4-13(10-15)18-16(19)11-17/h3-10H,2,11,17H2,1H3,(H,18,19). The number of hydrogen-bond acceptors (Lipinski definition) is 4. The third-order valence-electron chi connectivity index (χ3n) is 3.26. The van der Waals surface area contributed by atoms with E-state index in [0.717, 1.165) is 12.0 Å². The fourth-order valence-corrected chi connectivity index (χ4v) is 3.30. The summed E-state index contributed by atoms with van der Waals surface area (Å²) in [5, 5.41) is 2.55. The van der Waals surface area contributed by atoms with Crippen LogP contribution in [0.15, 0.2) is 58.3 Å². The molecule has 0 aliphatic rings. The number of hydrogen-bond donors (Lipinski definition) is 2. The molecular weight excluding hydrogens is 300 g/mol. The Morgan fingerprint density at radius 2 is 1.77 bits per heavy atom. The van der Waals surface area contributed by atoms with Crippen molar-refractivity contribution in [3.63, 3.8) is 0 Å². The lowest BCUT2D eigenvalue weighted by atomic mass is 10.2. The first-order valence-corrected chi connectivity index (χ1v) is 8.39. The number of amides is 1. The van der Waals surface area contributed by atoms with E-state index >= 15 is 0 Å². The Morgan fingerprint density at radius 3 is 2.36 bits per heavy atom. The zero-order chi connectivity index (χ0) is 16.2. The summed E-state index contributed by atoms with van der Waals surface area (Å²) in [6, 6.07) is 12.9. The summed E-state index contributed by atoms with van der Waals surface area (Å²) in [6.07, 6.45) is 0.848. The van der Waals surface area contributed by atoms with Crippen molar-refractivity contribution in [2.75, 3.05) is 11.9 Å². The molecule has 0 fully saturated rings. The summed E-state index contributed by atoms with van der Waals surface area (Å²) in [7, 11) is -3.61. The topological polar surface area (TPSA) is 89.3 Å². The molecule has 0 saturated carbocycles. The predicted molar refractivity (Wildman–Crippen MR) is 85.4 cm³/mol. The highest BCUT2D eigenvalue weighted by Gasteiger charge is 2.18. The summed E-state index contributed by atoms with van der Waals surface area (Å²) in [5.74, 6) is -0.373. The zero-order valence-electron chi connectivity index (χ0n) is 12.2. The molecule has 0 aliphatic heterocycles. The van der Waals surface area contributed by atoms with Crippen LogP contribution < -0.4 is 11.1 Å². The van der Waals surface area contributed by atoms with Crippen LogP contribution in [0.2, 0.25) is 0 Å². The van der Waals surface area contributed by atoms with E-state index in [1.54, 1.807) is 36.4 Å². The van der Waals surface area contributed by atoms with E-state index in [2.05, 4.69) is 5.32 Å². The van der Waals surface area contributed by atoms with Gasteiger partial charge in [0.05, 0.1) is 16.3 Å². The number of sulfone groups is 1. The molecule has 5 nitrogen and oxygen atoms in total. The molecule has 0 spiro atoms. The molecule has 22 heavy (non-hydrogen) atoms. The van der Waals surface area contributed by atoms with Crippen LogP contribution in [0.4, 0.5) is 5.69 Å². The van der Waals surface area contributed by atoms with Gasteiger partial charge in [0, 0.05) is 5.69 Å². The second-order valence-corrected chi connectivity index (χ2v) is 6.73. The maximum atomic E-state index is 12.6. The van der Waals surface area contributed by atoms with E-state index in [4.69, 9.17) is 5.73 Å². The highest BCUT2D eigenvalue weighted by atomic mass is 32.2. The van der Waals surface area contributed by atoms with E-state index in [1.165, 1.54) is 12.1 Å². The van der Waals surface area contributed by atoms with Gasteiger partial charge >= 0.3 is 0 Å². The van der Waals surface area contributed by atoms with Crippen molar-refractivity contribution in [1.29, 1.82) is 0 Å². The first-order chi connectivity index (χ1) is 10.5. The van der Waals surface area contributed by atoms with Gasteiger partial charge in [-0.3, -0.25) is 4.79 Å². The minimum atomic E-state index is -3.61. The van der Waals surface area contributed by atoms with E-state index in [-0.39, 0.29) is 22.2 Å². The van der Waals surface area contributed by atoms with Crippen molar-refractivity contribution in [2.45, 2.75) is 23.1 Å². The molecular formula is C16H18N2O3S. The van der Waals surface area contributed by atoms with Crippen molar-refractivity contribution in [2.24, 2.45) is 5.73 Å². The first-order valence-electron chi connectivity index (χ1n) is 6.91. The average molecular weight is 318 g/mol. The molecule has 0 heterocycles. The van der Waals surface area contributed by atoms with Gasteiger partial charge in [-0.25, -0.2) is 8.42 Å². The molecule has 2 aromatic carbocycles. The number of nitrogens with two attached hydrogens (primary N) is 1. The first kappa shape index (κ1) is 16.2.